The second-order valence-electron chi connectivity index (χ2n) is 6.02. The van der Waals surface area contributed by atoms with Gasteiger partial charge in [-0.05, 0) is 43.2 Å². The Kier molecular flexibility index (Phi) is 3.17. The van der Waals surface area contributed by atoms with Gasteiger partial charge in [-0.3, -0.25) is 4.57 Å². The molecule has 2 heterocycles. The first kappa shape index (κ1) is 12.5. The number of aryl methyl sites for hydroxylation is 1. The first-order valence-corrected chi connectivity index (χ1v) is 7.22. The van der Waals surface area contributed by atoms with Crippen molar-refractivity contribution in [2.75, 3.05) is 5.73 Å². The van der Waals surface area contributed by atoms with Gasteiger partial charge >= 0.3 is 0 Å². The van der Waals surface area contributed by atoms with Crippen molar-refractivity contribution in [1.82, 2.24) is 14.5 Å². The second kappa shape index (κ2) is 4.83. The number of nitrogen functional groups attached to an aromatic ring is 1. The highest BCUT2D eigenvalue weighted by Crippen LogP contribution is 2.31. The second-order valence-corrected chi connectivity index (χ2v) is 6.02. The van der Waals surface area contributed by atoms with Crippen molar-refractivity contribution in [1.29, 1.82) is 0 Å². The van der Waals surface area contributed by atoms with Gasteiger partial charge in [0.2, 0.25) is 5.95 Å². The van der Waals surface area contributed by atoms with Crippen LogP contribution in [0, 0.1) is 18.8 Å². The quantitative estimate of drug-likeness (QED) is 0.900. The summed E-state index contributed by atoms with van der Waals surface area (Å²) in [6.45, 7) is 5.37. The number of rotatable bonds is 2. The number of nitrogens with zero attached hydrogens (tertiary/aromatic N) is 3. The van der Waals surface area contributed by atoms with Gasteiger partial charge in [0, 0.05) is 12.7 Å². The molecule has 1 saturated carbocycles. The molecule has 2 aromatic heterocycles. The van der Waals surface area contributed by atoms with Gasteiger partial charge in [-0.2, -0.15) is 0 Å². The lowest BCUT2D eigenvalue weighted by molar-refractivity contribution is 0.259. The fourth-order valence-electron chi connectivity index (χ4n) is 3.32. The molecule has 1 fully saturated rings. The molecule has 0 radical (unpaired) electrons. The Bertz CT molecular complexity index is 587. The maximum atomic E-state index is 6.09. The van der Waals surface area contributed by atoms with E-state index in [0.29, 0.717) is 11.9 Å². The third-order valence-corrected chi connectivity index (χ3v) is 4.35. The molecule has 2 aromatic rings. The van der Waals surface area contributed by atoms with Crippen LogP contribution in [0.3, 0.4) is 0 Å². The van der Waals surface area contributed by atoms with Crippen molar-refractivity contribution >= 4 is 17.1 Å². The summed E-state index contributed by atoms with van der Waals surface area (Å²) >= 11 is 0. The van der Waals surface area contributed by atoms with E-state index in [9.17, 15) is 0 Å². The van der Waals surface area contributed by atoms with Crippen molar-refractivity contribution in [2.45, 2.75) is 46.1 Å². The Labute approximate surface area is 114 Å². The maximum absolute atomic E-state index is 6.09. The number of hydrogen-bond donors (Lipinski definition) is 1. The van der Waals surface area contributed by atoms with Crippen molar-refractivity contribution < 1.29 is 0 Å². The number of aromatic nitrogens is 3. The molecule has 4 nitrogen and oxygen atoms in total. The summed E-state index contributed by atoms with van der Waals surface area (Å²) in [5.74, 6) is 2.16. The van der Waals surface area contributed by atoms with Crippen LogP contribution in [-0.2, 0) is 6.54 Å². The fourth-order valence-corrected chi connectivity index (χ4v) is 3.32. The van der Waals surface area contributed by atoms with Crippen molar-refractivity contribution in [3.05, 3.63) is 17.8 Å². The van der Waals surface area contributed by atoms with Crippen LogP contribution in [0.2, 0.25) is 0 Å². The molecule has 3 rings (SSSR count). The minimum Gasteiger partial charge on any atom is -0.369 e. The normalized spacial score (nSPS) is 23.9. The van der Waals surface area contributed by atoms with Gasteiger partial charge in [0.15, 0.2) is 5.65 Å². The minimum atomic E-state index is 0.607. The van der Waals surface area contributed by atoms with Crippen molar-refractivity contribution in [2.24, 2.45) is 11.8 Å². The highest BCUT2D eigenvalue weighted by atomic mass is 15.2. The van der Waals surface area contributed by atoms with Crippen LogP contribution in [0.5, 0.6) is 0 Å². The van der Waals surface area contributed by atoms with Crippen LogP contribution in [0.1, 0.15) is 38.2 Å². The van der Waals surface area contributed by atoms with Crippen LogP contribution in [0.15, 0.2) is 12.3 Å². The van der Waals surface area contributed by atoms with Crippen LogP contribution >= 0.6 is 0 Å². The molecule has 0 bridgehead atoms. The van der Waals surface area contributed by atoms with Gasteiger partial charge in [0.05, 0.1) is 0 Å². The summed E-state index contributed by atoms with van der Waals surface area (Å²) < 4.78 is 2.10. The van der Waals surface area contributed by atoms with Crippen LogP contribution in [0.25, 0.3) is 11.2 Å². The van der Waals surface area contributed by atoms with Crippen LogP contribution in [0.4, 0.5) is 5.95 Å². The number of imidazole rings is 1. The average molecular weight is 258 g/mol. The molecule has 1 aliphatic carbocycles. The Morgan fingerprint density at radius 3 is 3.05 bits per heavy atom. The molecule has 4 heteroatoms. The van der Waals surface area contributed by atoms with E-state index >= 15 is 0 Å². The predicted molar refractivity (Wildman–Crippen MR) is 77.8 cm³/mol. The van der Waals surface area contributed by atoms with E-state index in [1.807, 2.05) is 12.3 Å². The summed E-state index contributed by atoms with van der Waals surface area (Å²) in [7, 11) is 0. The summed E-state index contributed by atoms with van der Waals surface area (Å²) in [6.07, 6.45) is 7.15. The number of anilines is 1. The lowest BCUT2D eigenvalue weighted by atomic mass is 9.82. The Morgan fingerprint density at radius 2 is 2.26 bits per heavy atom. The Hall–Kier alpha value is -1.58. The molecule has 0 aliphatic heterocycles. The van der Waals surface area contributed by atoms with E-state index in [0.717, 1.165) is 29.2 Å². The summed E-state index contributed by atoms with van der Waals surface area (Å²) in [5, 5.41) is 0. The van der Waals surface area contributed by atoms with Gasteiger partial charge in [-0.25, -0.2) is 9.97 Å². The Morgan fingerprint density at radius 1 is 1.42 bits per heavy atom. The number of fused-ring (bicyclic) bond motifs is 1. The van der Waals surface area contributed by atoms with Gasteiger partial charge < -0.3 is 5.73 Å². The molecular formula is C15H22N4. The molecule has 0 amide bonds. The van der Waals surface area contributed by atoms with Crippen molar-refractivity contribution in [3.8, 4) is 0 Å². The first-order chi connectivity index (χ1) is 9.15. The van der Waals surface area contributed by atoms with Gasteiger partial charge in [0.1, 0.15) is 5.52 Å². The van der Waals surface area contributed by atoms with E-state index in [-0.39, 0.29) is 0 Å². The van der Waals surface area contributed by atoms with E-state index in [1.165, 1.54) is 25.7 Å². The topological polar surface area (TPSA) is 56.7 Å². The van der Waals surface area contributed by atoms with E-state index in [1.54, 1.807) is 0 Å². The molecule has 19 heavy (non-hydrogen) atoms. The molecule has 2 atom stereocenters. The third kappa shape index (κ3) is 2.31. The number of pyridine rings is 1. The van der Waals surface area contributed by atoms with Gasteiger partial charge in [-0.15, -0.1) is 0 Å². The van der Waals surface area contributed by atoms with Crippen molar-refractivity contribution in [3.63, 3.8) is 0 Å². The zero-order chi connectivity index (χ0) is 13.4. The standard InChI is InChI=1S/C15H22N4/c1-10-4-3-5-12(8-10)9-19-14-13(18-15(19)16)11(2)6-7-17-14/h6-7,10,12H,3-5,8-9H2,1-2H3,(H2,16,18). The monoisotopic (exact) mass is 258 g/mol. The number of nitrogens with two attached hydrogens (primary N) is 1. The molecule has 2 unspecified atom stereocenters. The molecular weight excluding hydrogens is 236 g/mol. The first-order valence-electron chi connectivity index (χ1n) is 7.22. The van der Waals surface area contributed by atoms with Gasteiger partial charge in [0.25, 0.3) is 0 Å². The van der Waals surface area contributed by atoms with Crippen LogP contribution in [-0.4, -0.2) is 14.5 Å². The maximum Gasteiger partial charge on any atom is 0.202 e. The van der Waals surface area contributed by atoms with E-state index in [2.05, 4.69) is 28.4 Å². The largest absolute Gasteiger partial charge is 0.369 e. The minimum absolute atomic E-state index is 0.607. The predicted octanol–water partition coefficient (Wildman–Crippen LogP) is 3.15. The molecule has 0 aromatic carbocycles. The van der Waals surface area contributed by atoms with Gasteiger partial charge in [-0.1, -0.05) is 19.8 Å². The number of hydrogen-bond acceptors (Lipinski definition) is 3. The molecule has 0 saturated heterocycles. The molecule has 102 valence electrons. The highest BCUT2D eigenvalue weighted by Gasteiger charge is 2.21. The fraction of sp³-hybridized carbons (Fsp3) is 0.600. The zero-order valence-electron chi connectivity index (χ0n) is 11.8. The lowest BCUT2D eigenvalue weighted by Gasteiger charge is -2.27. The molecule has 1 aliphatic rings. The average Bonchev–Trinajstić information content (AvgIpc) is 2.69. The molecule has 2 N–H and O–H groups in total. The smallest absolute Gasteiger partial charge is 0.202 e. The van der Waals surface area contributed by atoms with Crippen LogP contribution < -0.4 is 5.73 Å². The highest BCUT2D eigenvalue weighted by molar-refractivity contribution is 5.77. The molecule has 0 spiro atoms. The Balaban J connectivity index is 1.92. The van der Waals surface area contributed by atoms with E-state index in [4.69, 9.17) is 5.73 Å². The zero-order valence-corrected chi connectivity index (χ0v) is 11.8. The lowest BCUT2D eigenvalue weighted by Crippen LogP contribution is -2.19. The van der Waals surface area contributed by atoms with E-state index < -0.39 is 0 Å². The summed E-state index contributed by atoms with van der Waals surface area (Å²) in [5.41, 5.74) is 9.12. The third-order valence-electron chi connectivity index (χ3n) is 4.35. The SMILES string of the molecule is Cc1ccnc2c1nc(N)n2CC1CCCC(C)C1. The summed E-state index contributed by atoms with van der Waals surface area (Å²) in [4.78, 5) is 8.94. The summed E-state index contributed by atoms with van der Waals surface area (Å²) in [6, 6.07) is 1.99.